The van der Waals surface area contributed by atoms with E-state index in [2.05, 4.69) is 0 Å². The maximum absolute atomic E-state index is 12.9. The van der Waals surface area contributed by atoms with E-state index in [4.69, 9.17) is 4.74 Å². The summed E-state index contributed by atoms with van der Waals surface area (Å²) < 4.78 is 5.87. The van der Waals surface area contributed by atoms with Crippen LogP contribution in [0.25, 0.3) is 0 Å². The zero-order valence-electron chi connectivity index (χ0n) is 16.4. The van der Waals surface area contributed by atoms with E-state index in [-0.39, 0.29) is 17.7 Å². The van der Waals surface area contributed by atoms with Crippen molar-refractivity contribution in [2.45, 2.75) is 45.4 Å². The molecule has 1 aromatic rings. The lowest BCUT2D eigenvalue weighted by Crippen LogP contribution is -2.48. The van der Waals surface area contributed by atoms with Crippen molar-refractivity contribution in [2.75, 3.05) is 32.8 Å². The third-order valence-corrected chi connectivity index (χ3v) is 5.74. The summed E-state index contributed by atoms with van der Waals surface area (Å²) in [6.45, 7) is 5.77. The van der Waals surface area contributed by atoms with Crippen molar-refractivity contribution in [3.8, 4) is 5.75 Å². The van der Waals surface area contributed by atoms with E-state index in [1.807, 2.05) is 47.1 Å². The molecule has 1 unspecified atom stereocenters. The number of carbonyl (C=O) groups excluding carboxylic acids is 2. The fourth-order valence-electron chi connectivity index (χ4n) is 4.09. The topological polar surface area (TPSA) is 49.9 Å². The summed E-state index contributed by atoms with van der Waals surface area (Å²) in [6.07, 6.45) is 5.28. The Kier molecular flexibility index (Phi) is 7.13. The molecule has 2 amide bonds. The van der Waals surface area contributed by atoms with Gasteiger partial charge in [-0.05, 0) is 50.2 Å². The Labute approximate surface area is 162 Å². The summed E-state index contributed by atoms with van der Waals surface area (Å²) in [5.74, 6) is 1.84. The Bertz CT molecular complexity index is 611. The van der Waals surface area contributed by atoms with Crippen molar-refractivity contribution in [3.63, 3.8) is 0 Å². The molecule has 2 aliphatic heterocycles. The normalized spacial score (nSPS) is 21.1. The fourth-order valence-corrected chi connectivity index (χ4v) is 4.09. The maximum atomic E-state index is 12.9. The van der Waals surface area contributed by atoms with Gasteiger partial charge in [0.2, 0.25) is 11.8 Å². The number of amides is 2. The average Bonchev–Trinajstić information content (AvgIpc) is 2.73. The molecule has 27 heavy (non-hydrogen) atoms. The predicted octanol–water partition coefficient (Wildman–Crippen LogP) is 3.34. The number of likely N-dealkylation sites (tertiary alicyclic amines) is 2. The van der Waals surface area contributed by atoms with E-state index >= 15 is 0 Å². The highest BCUT2D eigenvalue weighted by Crippen LogP contribution is 2.24. The third kappa shape index (κ3) is 5.47. The molecule has 1 aromatic carbocycles. The molecule has 2 saturated heterocycles. The molecule has 0 bridgehead atoms. The van der Waals surface area contributed by atoms with Crippen LogP contribution >= 0.6 is 0 Å². The Hall–Kier alpha value is -2.04. The first-order valence-corrected chi connectivity index (χ1v) is 10.4. The van der Waals surface area contributed by atoms with Crippen molar-refractivity contribution < 1.29 is 14.3 Å². The number of benzene rings is 1. The van der Waals surface area contributed by atoms with Gasteiger partial charge in [0.15, 0.2) is 0 Å². The van der Waals surface area contributed by atoms with Crippen molar-refractivity contribution in [1.82, 2.24) is 9.80 Å². The van der Waals surface area contributed by atoms with E-state index in [1.165, 1.54) is 0 Å². The molecule has 2 heterocycles. The largest absolute Gasteiger partial charge is 0.493 e. The molecule has 0 aromatic heterocycles. The van der Waals surface area contributed by atoms with Gasteiger partial charge in [0.25, 0.3) is 0 Å². The van der Waals surface area contributed by atoms with Crippen molar-refractivity contribution in [2.24, 2.45) is 11.8 Å². The van der Waals surface area contributed by atoms with Gasteiger partial charge in [0, 0.05) is 32.6 Å². The van der Waals surface area contributed by atoms with Gasteiger partial charge in [-0.15, -0.1) is 0 Å². The average molecular weight is 373 g/mol. The molecule has 0 spiro atoms. The Morgan fingerprint density at radius 3 is 2.48 bits per heavy atom. The van der Waals surface area contributed by atoms with Crippen LogP contribution in [0.15, 0.2) is 30.3 Å². The van der Waals surface area contributed by atoms with Gasteiger partial charge in [-0.25, -0.2) is 0 Å². The molecule has 148 valence electrons. The number of ether oxygens (including phenoxy) is 1. The minimum atomic E-state index is -0.0170. The lowest BCUT2D eigenvalue weighted by molar-refractivity contribution is -0.142. The van der Waals surface area contributed by atoms with Gasteiger partial charge in [0.05, 0.1) is 12.5 Å². The van der Waals surface area contributed by atoms with Gasteiger partial charge in [-0.1, -0.05) is 25.1 Å². The number of rotatable bonds is 6. The minimum absolute atomic E-state index is 0.0170. The molecular weight excluding hydrogens is 340 g/mol. The highest BCUT2D eigenvalue weighted by Gasteiger charge is 2.32. The molecule has 1 atom stereocenters. The second kappa shape index (κ2) is 9.77. The fraction of sp³-hybridized carbons (Fsp3) is 0.636. The van der Waals surface area contributed by atoms with Gasteiger partial charge in [0.1, 0.15) is 5.75 Å². The van der Waals surface area contributed by atoms with Crippen LogP contribution < -0.4 is 4.74 Å². The molecule has 0 aliphatic carbocycles. The van der Waals surface area contributed by atoms with Gasteiger partial charge in [-0.3, -0.25) is 9.59 Å². The Balaban J connectivity index is 1.43. The summed E-state index contributed by atoms with van der Waals surface area (Å²) in [6, 6.07) is 9.91. The highest BCUT2D eigenvalue weighted by atomic mass is 16.5. The van der Waals surface area contributed by atoms with E-state index in [0.29, 0.717) is 18.9 Å². The minimum Gasteiger partial charge on any atom is -0.493 e. The summed E-state index contributed by atoms with van der Waals surface area (Å²) >= 11 is 0. The zero-order valence-corrected chi connectivity index (χ0v) is 16.4. The molecule has 3 rings (SSSR count). The number of nitrogens with zero attached hydrogens (tertiary/aromatic N) is 2. The smallest absolute Gasteiger partial charge is 0.227 e. The second-order valence-corrected chi connectivity index (χ2v) is 7.82. The van der Waals surface area contributed by atoms with E-state index in [1.54, 1.807) is 0 Å². The third-order valence-electron chi connectivity index (χ3n) is 5.74. The van der Waals surface area contributed by atoms with Crippen molar-refractivity contribution in [1.29, 1.82) is 0 Å². The van der Waals surface area contributed by atoms with Gasteiger partial charge < -0.3 is 14.5 Å². The Morgan fingerprint density at radius 2 is 1.78 bits per heavy atom. The van der Waals surface area contributed by atoms with Crippen LogP contribution in [0, 0.1) is 11.8 Å². The second-order valence-electron chi connectivity index (χ2n) is 7.82. The molecule has 0 saturated carbocycles. The Morgan fingerprint density at radius 1 is 1.04 bits per heavy atom. The standard InChI is InChI=1S/C22H32N2O3/c1-2-7-21(25)24-13-6-8-19(16-24)22(26)23-14-11-18(12-15-23)17-27-20-9-4-3-5-10-20/h3-5,9-10,18-19H,2,6-8,11-17H2,1H3. The first-order valence-electron chi connectivity index (χ1n) is 10.4. The van der Waals surface area contributed by atoms with Crippen LogP contribution in [0.2, 0.25) is 0 Å². The summed E-state index contributed by atoms with van der Waals surface area (Å²) in [5.41, 5.74) is 0. The number of piperidine rings is 2. The predicted molar refractivity (Wildman–Crippen MR) is 105 cm³/mol. The highest BCUT2D eigenvalue weighted by molar-refractivity contribution is 5.81. The maximum Gasteiger partial charge on any atom is 0.227 e. The summed E-state index contributed by atoms with van der Waals surface area (Å²) in [4.78, 5) is 29.0. The van der Waals surface area contributed by atoms with Crippen LogP contribution in [-0.2, 0) is 9.59 Å². The van der Waals surface area contributed by atoms with Crippen molar-refractivity contribution >= 4 is 11.8 Å². The molecule has 5 heteroatoms. The van der Waals surface area contributed by atoms with Crippen LogP contribution in [0.1, 0.15) is 45.4 Å². The first kappa shape index (κ1) is 19.7. The van der Waals surface area contributed by atoms with Crippen LogP contribution in [-0.4, -0.2) is 54.4 Å². The molecule has 0 N–H and O–H groups in total. The molecular formula is C22H32N2O3. The summed E-state index contributed by atoms with van der Waals surface area (Å²) in [5, 5.41) is 0. The van der Waals surface area contributed by atoms with Crippen LogP contribution in [0.4, 0.5) is 0 Å². The molecule has 5 nitrogen and oxygen atoms in total. The monoisotopic (exact) mass is 372 g/mol. The SMILES string of the molecule is CCCC(=O)N1CCCC(C(=O)N2CCC(COc3ccccc3)CC2)C1. The quantitative estimate of drug-likeness (QED) is 0.769. The van der Waals surface area contributed by atoms with Crippen LogP contribution in [0.3, 0.4) is 0 Å². The van der Waals surface area contributed by atoms with E-state index in [9.17, 15) is 9.59 Å². The number of para-hydroxylation sites is 1. The van der Waals surface area contributed by atoms with Crippen LogP contribution in [0.5, 0.6) is 5.75 Å². The lowest BCUT2D eigenvalue weighted by atomic mass is 9.93. The zero-order chi connectivity index (χ0) is 19.1. The lowest BCUT2D eigenvalue weighted by Gasteiger charge is -2.37. The van der Waals surface area contributed by atoms with E-state index in [0.717, 1.165) is 64.1 Å². The number of carbonyl (C=O) groups is 2. The number of hydrogen-bond acceptors (Lipinski definition) is 3. The molecule has 2 fully saturated rings. The summed E-state index contributed by atoms with van der Waals surface area (Å²) in [7, 11) is 0. The number of hydrogen-bond donors (Lipinski definition) is 0. The molecule has 2 aliphatic rings. The van der Waals surface area contributed by atoms with Gasteiger partial charge in [-0.2, -0.15) is 0 Å². The molecule has 0 radical (unpaired) electrons. The van der Waals surface area contributed by atoms with Gasteiger partial charge >= 0.3 is 0 Å². The first-order chi connectivity index (χ1) is 13.2. The van der Waals surface area contributed by atoms with E-state index < -0.39 is 0 Å². The van der Waals surface area contributed by atoms with Crippen molar-refractivity contribution in [3.05, 3.63) is 30.3 Å².